The monoisotopic (exact) mass is 97.0 g/mol. The summed E-state index contributed by atoms with van der Waals surface area (Å²) in [6, 6.07) is 0. The van der Waals surface area contributed by atoms with Crippen molar-refractivity contribution in [3.8, 4) is 0 Å². The van der Waals surface area contributed by atoms with Gasteiger partial charge in [0.1, 0.15) is 0 Å². The summed E-state index contributed by atoms with van der Waals surface area (Å²) < 4.78 is 0. The molecule has 2 nitrogen and oxygen atoms in total. The van der Waals surface area contributed by atoms with Gasteiger partial charge < -0.3 is 10.1 Å². The Morgan fingerprint density at radius 2 is 2.00 bits per heavy atom. The van der Waals surface area contributed by atoms with Crippen LogP contribution >= 0.6 is 0 Å². The van der Waals surface area contributed by atoms with Crippen LogP contribution in [-0.4, -0.2) is 13.5 Å². The molecular weight excluding hydrogens is 93.1 g/mol. The van der Waals surface area contributed by atoms with E-state index >= 15 is 0 Å². The Morgan fingerprint density at radius 1 is 1.80 bits per heavy atom. The van der Waals surface area contributed by atoms with Crippen LogP contribution in [0.15, 0.2) is 0 Å². The minimum absolute atomic E-state index is 0. The molecule has 0 saturated heterocycles. The number of hydrogen-bond acceptors (Lipinski definition) is 1. The largest absolute Gasteiger partial charge is 1.00 e. The van der Waals surface area contributed by atoms with E-state index in [1.807, 2.05) is 0 Å². The van der Waals surface area contributed by atoms with Gasteiger partial charge in [0.25, 0.3) is 0 Å². The molecule has 5 heavy (non-hydrogen) atoms. The first-order valence-corrected chi connectivity index (χ1v) is 0.954. The Hall–Kier alpha value is 1.11. The molecule has 1 amide bonds. The van der Waals surface area contributed by atoms with Gasteiger partial charge in [-0.15, -0.1) is 0 Å². The fourth-order valence-electron chi connectivity index (χ4n) is 0. The zero-order valence-electron chi connectivity index (χ0n) is 3.41. The van der Waals surface area contributed by atoms with Crippen LogP contribution in [0.25, 0.3) is 0 Å². The third kappa shape index (κ3) is 11.1. The molecule has 0 heterocycles. The molecule has 0 aliphatic heterocycles. The Labute approximate surface area is 73.7 Å². The molecule has 0 atom stereocenters. The summed E-state index contributed by atoms with van der Waals surface area (Å²) >= 11 is 0. The summed E-state index contributed by atoms with van der Waals surface area (Å²) in [6.45, 7) is 0. The van der Waals surface area contributed by atoms with Crippen LogP contribution in [-0.2, 0) is 4.79 Å². The number of carbonyl (C=O) groups excluding carboxylic acids is 1. The van der Waals surface area contributed by atoms with Crippen molar-refractivity contribution in [3.63, 3.8) is 0 Å². The van der Waals surface area contributed by atoms with E-state index < -0.39 is 0 Å². The quantitative estimate of drug-likeness (QED) is 0.203. The van der Waals surface area contributed by atoms with Crippen LogP contribution < -0.4 is 56.7 Å². The molecule has 0 aromatic rings. The third-order valence-corrected chi connectivity index (χ3v) is 0.102. The van der Waals surface area contributed by atoms with Crippen molar-refractivity contribution in [3.05, 3.63) is 0 Å². The molecule has 0 fully saturated rings. The van der Waals surface area contributed by atoms with Gasteiger partial charge in [-0.3, -0.25) is 0 Å². The molecule has 0 aliphatic rings. The van der Waals surface area contributed by atoms with Crippen LogP contribution in [0.1, 0.15) is 0 Å². The van der Waals surface area contributed by atoms with Crippen molar-refractivity contribution in [2.75, 3.05) is 7.05 Å². The van der Waals surface area contributed by atoms with E-state index in [1.54, 1.807) is 0 Å². The average molecular weight is 97.2 g/mol. The number of rotatable bonds is 1. The second-order valence-corrected chi connectivity index (χ2v) is 0.352. The Morgan fingerprint density at radius 3 is 2.00 bits per heavy atom. The van der Waals surface area contributed by atoms with Gasteiger partial charge in [0, 0.05) is 0 Å². The van der Waals surface area contributed by atoms with E-state index in [2.05, 4.69) is 5.32 Å². The van der Waals surface area contributed by atoms with Gasteiger partial charge in [-0.25, -0.2) is 0 Å². The average Bonchev–Trinajstić information content (AvgIpc) is 1.37. The van der Waals surface area contributed by atoms with Crippen molar-refractivity contribution in [2.24, 2.45) is 0 Å². The SMILES string of the molecule is CN[C-]=O.[K+]. The summed E-state index contributed by atoms with van der Waals surface area (Å²) in [6.07, 6.45) is 1.43. The van der Waals surface area contributed by atoms with E-state index in [0.29, 0.717) is 0 Å². The number of amides is 1. The van der Waals surface area contributed by atoms with Gasteiger partial charge in [-0.2, -0.15) is 6.41 Å². The summed E-state index contributed by atoms with van der Waals surface area (Å²) in [4.78, 5) is 8.94. The van der Waals surface area contributed by atoms with Crippen molar-refractivity contribution in [2.45, 2.75) is 0 Å². The predicted octanol–water partition coefficient (Wildman–Crippen LogP) is -3.72. The van der Waals surface area contributed by atoms with E-state index in [1.165, 1.54) is 13.5 Å². The smallest absolute Gasteiger partial charge is 0.532 e. The van der Waals surface area contributed by atoms with E-state index in [-0.39, 0.29) is 51.4 Å². The first-order chi connectivity index (χ1) is 1.91. The van der Waals surface area contributed by atoms with Gasteiger partial charge in [0.2, 0.25) is 0 Å². The maximum absolute atomic E-state index is 8.94. The van der Waals surface area contributed by atoms with Crippen molar-refractivity contribution in [1.82, 2.24) is 5.32 Å². The van der Waals surface area contributed by atoms with E-state index in [4.69, 9.17) is 4.79 Å². The minimum Gasteiger partial charge on any atom is -0.532 e. The van der Waals surface area contributed by atoms with Gasteiger partial charge in [0.05, 0.1) is 0 Å². The molecule has 0 aliphatic carbocycles. The van der Waals surface area contributed by atoms with Crippen LogP contribution in [0, 0.1) is 0 Å². The molecule has 0 bridgehead atoms. The first kappa shape index (κ1) is 9.44. The Balaban J connectivity index is 0. The zero-order chi connectivity index (χ0) is 3.41. The minimum atomic E-state index is 0. The molecule has 0 aromatic carbocycles. The second-order valence-electron chi connectivity index (χ2n) is 0.352. The van der Waals surface area contributed by atoms with Crippen LogP contribution in [0.4, 0.5) is 0 Å². The molecule has 0 saturated carbocycles. The Kier molecular flexibility index (Phi) is 16.9. The van der Waals surface area contributed by atoms with Gasteiger partial charge in [-0.1, -0.05) is 0 Å². The Bertz CT molecular complexity index is 23.6. The third-order valence-electron chi connectivity index (χ3n) is 0.102. The van der Waals surface area contributed by atoms with Crippen LogP contribution in [0.5, 0.6) is 0 Å². The molecular formula is C2H4KNO. The predicted molar refractivity (Wildman–Crippen MR) is 14.8 cm³/mol. The zero-order valence-corrected chi connectivity index (χ0v) is 6.53. The van der Waals surface area contributed by atoms with Crippen molar-refractivity contribution >= 4 is 6.41 Å². The van der Waals surface area contributed by atoms with E-state index in [9.17, 15) is 0 Å². The normalized spacial score (nSPS) is 4.20. The molecule has 0 rings (SSSR count). The summed E-state index contributed by atoms with van der Waals surface area (Å²) in [5.41, 5.74) is 0. The second kappa shape index (κ2) is 8.92. The van der Waals surface area contributed by atoms with Crippen LogP contribution in [0.3, 0.4) is 0 Å². The molecule has 3 heteroatoms. The molecule has 24 valence electrons. The van der Waals surface area contributed by atoms with Crippen molar-refractivity contribution < 1.29 is 56.2 Å². The topological polar surface area (TPSA) is 29.1 Å². The maximum atomic E-state index is 8.94. The standard InChI is InChI=1S/C2H4NO.K/c1-3-2-4;/h1H3,(H,3,4);/q-1;+1. The maximum Gasteiger partial charge on any atom is 1.00 e. The first-order valence-electron chi connectivity index (χ1n) is 0.954. The van der Waals surface area contributed by atoms with Gasteiger partial charge in [-0.05, 0) is 7.05 Å². The number of hydrogen-bond donors (Lipinski definition) is 1. The summed E-state index contributed by atoms with van der Waals surface area (Å²) in [5.74, 6) is 0. The molecule has 0 spiro atoms. The van der Waals surface area contributed by atoms with Crippen LogP contribution in [0.2, 0.25) is 0 Å². The summed E-state index contributed by atoms with van der Waals surface area (Å²) in [5, 5.41) is 2.12. The number of nitrogens with one attached hydrogen (secondary N) is 1. The van der Waals surface area contributed by atoms with Crippen molar-refractivity contribution in [1.29, 1.82) is 0 Å². The van der Waals surface area contributed by atoms with Gasteiger partial charge in [0.15, 0.2) is 0 Å². The van der Waals surface area contributed by atoms with Gasteiger partial charge >= 0.3 is 51.4 Å². The molecule has 1 N–H and O–H groups in total. The molecule has 0 unspecified atom stereocenters. The molecule has 0 aromatic heterocycles. The molecule has 0 radical (unpaired) electrons. The fourth-order valence-corrected chi connectivity index (χ4v) is 0. The summed E-state index contributed by atoms with van der Waals surface area (Å²) in [7, 11) is 1.51. The fraction of sp³-hybridized carbons (Fsp3) is 0.500. The van der Waals surface area contributed by atoms with E-state index in [0.717, 1.165) is 0 Å².